The van der Waals surface area contributed by atoms with Gasteiger partial charge in [0.15, 0.2) is 0 Å². The van der Waals surface area contributed by atoms with Gasteiger partial charge in [0.1, 0.15) is 0 Å². The summed E-state index contributed by atoms with van der Waals surface area (Å²) in [5.41, 5.74) is 0. The van der Waals surface area contributed by atoms with E-state index in [0.29, 0.717) is 0 Å². The molecule has 0 aliphatic rings. The van der Waals surface area contributed by atoms with Crippen molar-refractivity contribution in [1.82, 2.24) is 0 Å². The summed E-state index contributed by atoms with van der Waals surface area (Å²) in [6, 6.07) is 0. The molecule has 0 aromatic heterocycles. The van der Waals surface area contributed by atoms with E-state index in [1.54, 1.807) is 0 Å². The molecule has 0 heterocycles. The Bertz CT molecular complexity index is 121. The van der Waals surface area contributed by atoms with Gasteiger partial charge in [0, 0.05) is 0 Å². The highest BCUT2D eigenvalue weighted by Crippen LogP contribution is 2.51. The fourth-order valence-corrected chi connectivity index (χ4v) is 3.38. The van der Waals surface area contributed by atoms with Crippen molar-refractivity contribution in [3.63, 3.8) is 0 Å². The van der Waals surface area contributed by atoms with Crippen LogP contribution in [0.5, 0.6) is 0 Å². The van der Waals surface area contributed by atoms with Crippen molar-refractivity contribution in [1.29, 1.82) is 0 Å². The van der Waals surface area contributed by atoms with Gasteiger partial charge in [-0.15, -0.1) is 0 Å². The number of hydrogen-bond donors (Lipinski definition) is 0. The molecule has 0 unspecified atom stereocenters. The molecule has 0 fully saturated rings. The highest BCUT2D eigenvalue weighted by Gasteiger charge is 2.50. The second-order valence-corrected chi connectivity index (χ2v) is 10.5. The first-order valence-electron chi connectivity index (χ1n) is 4.19. The van der Waals surface area contributed by atoms with Crippen molar-refractivity contribution in [2.24, 2.45) is 0 Å². The average molecular weight is 176 g/mol. The Kier molecular flexibility index (Phi) is 2.61. The van der Waals surface area contributed by atoms with Crippen molar-refractivity contribution in [3.8, 4) is 0 Å². The summed E-state index contributed by atoms with van der Waals surface area (Å²) in [6.07, 6.45) is 0. The lowest BCUT2D eigenvalue weighted by molar-refractivity contribution is 0.525. The minimum atomic E-state index is -2.61. The SMILES string of the molecule is CC(C)(C)[Si](C)(F)C(C)(C)C. The van der Waals surface area contributed by atoms with Crippen LogP contribution in [0.4, 0.5) is 4.11 Å². The molecule has 0 saturated heterocycles. The van der Waals surface area contributed by atoms with Crippen LogP contribution in [0.2, 0.25) is 16.6 Å². The molecule has 68 valence electrons. The van der Waals surface area contributed by atoms with E-state index in [-0.39, 0.29) is 10.1 Å². The van der Waals surface area contributed by atoms with Crippen LogP contribution < -0.4 is 0 Å². The molecule has 0 aliphatic heterocycles. The third-order valence-electron chi connectivity index (χ3n) is 2.82. The lowest BCUT2D eigenvalue weighted by Crippen LogP contribution is -2.44. The Labute approximate surface area is 71.4 Å². The molecule has 0 atom stereocenters. The smallest absolute Gasteiger partial charge is 0.254 e. The zero-order valence-electron chi connectivity index (χ0n) is 8.88. The van der Waals surface area contributed by atoms with Gasteiger partial charge in [0.25, 0.3) is 8.41 Å². The third kappa shape index (κ3) is 2.05. The molecule has 0 N–H and O–H groups in total. The molecule has 0 spiro atoms. The summed E-state index contributed by atoms with van der Waals surface area (Å²) in [7, 11) is -2.61. The fraction of sp³-hybridized carbons (Fsp3) is 1.00. The standard InChI is InChI=1S/C9H21FSi/c1-8(2,3)11(7,10)9(4,5)6/h1-7H3. The second kappa shape index (κ2) is 2.58. The van der Waals surface area contributed by atoms with E-state index in [4.69, 9.17) is 0 Å². The molecule has 11 heavy (non-hydrogen) atoms. The molecule has 0 aromatic carbocycles. The topological polar surface area (TPSA) is 0 Å². The van der Waals surface area contributed by atoms with Crippen LogP contribution in [0.15, 0.2) is 0 Å². The van der Waals surface area contributed by atoms with Gasteiger partial charge in [0.2, 0.25) is 0 Å². The Morgan fingerprint density at radius 1 is 0.818 bits per heavy atom. The fourth-order valence-electron chi connectivity index (χ4n) is 1.12. The number of rotatable bonds is 0. The third-order valence-corrected chi connectivity index (χ3v) is 8.45. The van der Waals surface area contributed by atoms with Crippen LogP contribution in [-0.2, 0) is 0 Å². The predicted octanol–water partition coefficient (Wildman–Crippen LogP) is 4.13. The van der Waals surface area contributed by atoms with Gasteiger partial charge in [-0.1, -0.05) is 41.5 Å². The monoisotopic (exact) mass is 176 g/mol. The summed E-state index contributed by atoms with van der Waals surface area (Å²) in [4.78, 5) is 0. The maximum Gasteiger partial charge on any atom is 0.254 e. The Hall–Kier alpha value is 0.147. The highest BCUT2D eigenvalue weighted by molar-refractivity contribution is 6.77. The van der Waals surface area contributed by atoms with Crippen molar-refractivity contribution in [3.05, 3.63) is 0 Å². The van der Waals surface area contributed by atoms with Crippen molar-refractivity contribution < 1.29 is 4.11 Å². The van der Waals surface area contributed by atoms with E-state index in [2.05, 4.69) is 0 Å². The number of hydrogen-bond acceptors (Lipinski definition) is 0. The lowest BCUT2D eigenvalue weighted by Gasteiger charge is -2.41. The van der Waals surface area contributed by atoms with Gasteiger partial charge in [-0.25, -0.2) is 0 Å². The molecule has 0 aliphatic carbocycles. The molecule has 0 saturated carbocycles. The van der Waals surface area contributed by atoms with E-state index in [0.717, 1.165) is 0 Å². The maximum absolute atomic E-state index is 14.2. The van der Waals surface area contributed by atoms with Crippen molar-refractivity contribution in [2.45, 2.75) is 58.2 Å². The molecule has 0 bridgehead atoms. The molecule has 0 rings (SSSR count). The summed E-state index contributed by atoms with van der Waals surface area (Å²) in [6.45, 7) is 13.9. The molecule has 0 radical (unpaired) electrons. The summed E-state index contributed by atoms with van der Waals surface area (Å²) in [5, 5.41) is -0.295. The van der Waals surface area contributed by atoms with Crippen LogP contribution in [0.1, 0.15) is 41.5 Å². The summed E-state index contributed by atoms with van der Waals surface area (Å²) < 4.78 is 14.2. The Morgan fingerprint density at radius 3 is 1.00 bits per heavy atom. The first kappa shape index (κ1) is 11.1. The van der Waals surface area contributed by atoms with Crippen molar-refractivity contribution >= 4 is 8.41 Å². The summed E-state index contributed by atoms with van der Waals surface area (Å²) >= 11 is 0. The molecule has 0 nitrogen and oxygen atoms in total. The van der Waals surface area contributed by atoms with Crippen LogP contribution in [0.3, 0.4) is 0 Å². The van der Waals surface area contributed by atoms with Gasteiger partial charge in [0.05, 0.1) is 0 Å². The quantitative estimate of drug-likeness (QED) is 0.384. The van der Waals surface area contributed by atoms with Crippen LogP contribution in [0.25, 0.3) is 0 Å². The summed E-state index contributed by atoms with van der Waals surface area (Å²) in [5.74, 6) is 0. The van der Waals surface area contributed by atoms with E-state index in [1.807, 2.05) is 48.1 Å². The molecular weight excluding hydrogens is 155 g/mol. The van der Waals surface area contributed by atoms with Crippen molar-refractivity contribution in [2.75, 3.05) is 0 Å². The first-order chi connectivity index (χ1) is 4.50. The highest BCUT2D eigenvalue weighted by atomic mass is 28.4. The van der Waals surface area contributed by atoms with E-state index in [1.165, 1.54) is 0 Å². The van der Waals surface area contributed by atoms with E-state index < -0.39 is 8.41 Å². The largest absolute Gasteiger partial charge is 0.313 e. The minimum absolute atomic E-state index is 0.148. The van der Waals surface area contributed by atoms with Crippen LogP contribution >= 0.6 is 0 Å². The molecular formula is C9H21FSi. The van der Waals surface area contributed by atoms with Crippen LogP contribution in [-0.4, -0.2) is 8.41 Å². The van der Waals surface area contributed by atoms with E-state index in [9.17, 15) is 4.11 Å². The molecule has 2 heteroatoms. The molecule has 0 amide bonds. The average Bonchev–Trinajstić information content (AvgIpc) is 1.58. The Balaban J connectivity index is 4.75. The van der Waals surface area contributed by atoms with Gasteiger partial charge in [-0.3, -0.25) is 0 Å². The van der Waals surface area contributed by atoms with Gasteiger partial charge in [-0.05, 0) is 16.6 Å². The van der Waals surface area contributed by atoms with E-state index >= 15 is 0 Å². The number of halogens is 1. The minimum Gasteiger partial charge on any atom is -0.313 e. The Morgan fingerprint density at radius 2 is 1.00 bits per heavy atom. The zero-order chi connectivity index (χ0) is 9.50. The second-order valence-electron chi connectivity index (χ2n) is 5.50. The van der Waals surface area contributed by atoms with Gasteiger partial charge >= 0.3 is 0 Å². The van der Waals surface area contributed by atoms with Crippen LogP contribution in [0, 0.1) is 0 Å². The first-order valence-corrected chi connectivity index (χ1v) is 6.57. The predicted molar refractivity (Wildman–Crippen MR) is 52.2 cm³/mol. The lowest BCUT2D eigenvalue weighted by atomic mass is 10.2. The molecule has 0 aromatic rings. The zero-order valence-corrected chi connectivity index (χ0v) is 9.88. The van der Waals surface area contributed by atoms with Gasteiger partial charge in [-0.2, -0.15) is 0 Å². The maximum atomic E-state index is 14.2. The van der Waals surface area contributed by atoms with Gasteiger partial charge < -0.3 is 4.11 Å². The normalized spacial score (nSPS) is 15.3.